The zero-order valence-electron chi connectivity index (χ0n) is 6.99. The van der Waals surface area contributed by atoms with E-state index < -0.39 is 11.4 Å². The molecule has 74 valence electrons. The molecule has 0 aliphatic carbocycles. The van der Waals surface area contributed by atoms with Crippen LogP contribution >= 0.6 is 0 Å². The lowest BCUT2D eigenvalue weighted by atomic mass is 10.3. The molecule has 0 bridgehead atoms. The highest BCUT2D eigenvalue weighted by atomic mass is 32.2. The zero-order valence-corrected chi connectivity index (χ0v) is 7.81. The summed E-state index contributed by atoms with van der Waals surface area (Å²) < 4.78 is 22.6. The molecular weight excluding hydrogens is 180 g/mol. The first-order valence-corrected chi connectivity index (χ1v) is 4.95. The molecule has 1 atom stereocenters. The lowest BCUT2D eigenvalue weighted by Gasteiger charge is -2.01. The van der Waals surface area contributed by atoms with E-state index in [4.69, 9.17) is 10.3 Å². The minimum Gasteiger partial charge on any atom is -0.329 e. The molecule has 4 N–H and O–H groups in total. The van der Waals surface area contributed by atoms with E-state index in [1.807, 2.05) is 0 Å². The summed E-state index contributed by atoms with van der Waals surface area (Å²) in [7, 11) is 0. The molecule has 0 aromatic heterocycles. The van der Waals surface area contributed by atoms with E-state index in [9.17, 15) is 4.21 Å². The topological polar surface area (TPSA) is 84.6 Å². The Morgan fingerprint density at radius 2 is 2.17 bits per heavy atom. The molecular formula is C6H16N2O3S. The Kier molecular flexibility index (Phi) is 9.07. The molecule has 1 unspecified atom stereocenters. The maximum absolute atomic E-state index is 9.99. The van der Waals surface area contributed by atoms with Crippen LogP contribution in [0.25, 0.3) is 0 Å². The van der Waals surface area contributed by atoms with Gasteiger partial charge in [0.05, 0.1) is 6.61 Å². The number of nitrogens with two attached hydrogens (primary N) is 1. The molecule has 0 aromatic carbocycles. The molecule has 0 saturated heterocycles. The monoisotopic (exact) mass is 196 g/mol. The smallest absolute Gasteiger partial charge is 0.301 e. The van der Waals surface area contributed by atoms with Gasteiger partial charge in [0.15, 0.2) is 0 Å². The second-order valence-corrected chi connectivity index (χ2v) is 2.95. The molecule has 0 aromatic rings. The molecule has 0 spiro atoms. The minimum atomic E-state index is -2.11. The quantitative estimate of drug-likeness (QED) is 0.359. The first-order valence-electron chi connectivity index (χ1n) is 3.92. The summed E-state index contributed by atoms with van der Waals surface area (Å²) in [4.78, 5) is 0. The van der Waals surface area contributed by atoms with Crippen molar-refractivity contribution in [2.75, 3.05) is 26.2 Å². The van der Waals surface area contributed by atoms with Crippen LogP contribution in [-0.2, 0) is 15.5 Å². The largest absolute Gasteiger partial charge is 0.329 e. The molecule has 0 saturated carbocycles. The molecule has 0 heterocycles. The highest BCUT2D eigenvalue weighted by molar-refractivity contribution is 7.74. The van der Waals surface area contributed by atoms with Gasteiger partial charge in [0.1, 0.15) is 0 Å². The van der Waals surface area contributed by atoms with E-state index in [0.29, 0.717) is 13.2 Å². The highest BCUT2D eigenvalue weighted by Crippen LogP contribution is 1.89. The van der Waals surface area contributed by atoms with Crippen LogP contribution in [0.3, 0.4) is 0 Å². The molecule has 12 heavy (non-hydrogen) atoms. The normalized spacial score (nSPS) is 13.2. The van der Waals surface area contributed by atoms with Gasteiger partial charge in [-0.3, -0.25) is 8.74 Å². The molecule has 0 amide bonds. The fraction of sp³-hybridized carbons (Fsp3) is 1.00. The molecule has 0 aliphatic heterocycles. The second kappa shape index (κ2) is 9.08. The summed E-state index contributed by atoms with van der Waals surface area (Å²) in [6, 6.07) is 0. The Morgan fingerprint density at radius 1 is 1.42 bits per heavy atom. The van der Waals surface area contributed by atoms with E-state index in [1.54, 1.807) is 0 Å². The Morgan fingerprint density at radius 3 is 2.75 bits per heavy atom. The van der Waals surface area contributed by atoms with Gasteiger partial charge in [-0.05, 0) is 19.4 Å². The minimum absolute atomic E-state index is 0.327. The average Bonchev–Trinajstić information content (AvgIpc) is 2.02. The predicted molar refractivity (Wildman–Crippen MR) is 47.9 cm³/mol. The summed E-state index contributed by atoms with van der Waals surface area (Å²) in [5, 5.41) is 3.10. The van der Waals surface area contributed by atoms with Gasteiger partial charge < -0.3 is 11.1 Å². The van der Waals surface area contributed by atoms with E-state index in [1.165, 1.54) is 0 Å². The number of nitrogens with one attached hydrogen (secondary N) is 1. The standard InChI is InChI=1S/C6H16N2O3S/c7-3-5-8-4-1-2-6-11-12(9)10/h8H,1-7H2,(H,9,10). The molecule has 0 aliphatic rings. The fourth-order valence-electron chi connectivity index (χ4n) is 0.709. The third kappa shape index (κ3) is 9.99. The van der Waals surface area contributed by atoms with Gasteiger partial charge in [-0.2, -0.15) is 4.21 Å². The maximum atomic E-state index is 9.99. The number of hydrogen-bond donors (Lipinski definition) is 3. The van der Waals surface area contributed by atoms with Gasteiger partial charge >= 0.3 is 11.4 Å². The van der Waals surface area contributed by atoms with Crippen LogP contribution in [0.1, 0.15) is 12.8 Å². The van der Waals surface area contributed by atoms with E-state index in [0.717, 1.165) is 25.9 Å². The van der Waals surface area contributed by atoms with Gasteiger partial charge in [0, 0.05) is 13.1 Å². The van der Waals surface area contributed by atoms with Crippen molar-refractivity contribution in [3.05, 3.63) is 0 Å². The summed E-state index contributed by atoms with van der Waals surface area (Å²) in [6.07, 6.45) is 1.71. The number of hydrogen-bond acceptors (Lipinski definition) is 4. The van der Waals surface area contributed by atoms with Crippen LogP contribution in [0, 0.1) is 0 Å². The Balaban J connectivity index is 2.86. The van der Waals surface area contributed by atoms with E-state index in [2.05, 4.69) is 9.50 Å². The summed E-state index contributed by atoms with van der Waals surface area (Å²) in [5.74, 6) is 0. The SMILES string of the molecule is NCCNCCCCOS(=O)O. The Hall–Kier alpha value is -0.0100. The second-order valence-electron chi connectivity index (χ2n) is 2.28. The summed E-state index contributed by atoms with van der Waals surface area (Å²) in [5.41, 5.74) is 5.25. The summed E-state index contributed by atoms with van der Waals surface area (Å²) in [6.45, 7) is 2.65. The van der Waals surface area contributed by atoms with Gasteiger partial charge in [0.25, 0.3) is 0 Å². The van der Waals surface area contributed by atoms with Crippen molar-refractivity contribution in [1.29, 1.82) is 0 Å². The molecule has 5 nitrogen and oxygen atoms in total. The predicted octanol–water partition coefficient (Wildman–Crippen LogP) is -0.532. The van der Waals surface area contributed by atoms with Crippen LogP contribution in [-0.4, -0.2) is 35.0 Å². The Bertz CT molecular complexity index is 123. The number of unbranched alkanes of at least 4 members (excludes halogenated alkanes) is 1. The fourth-order valence-corrected chi connectivity index (χ4v) is 0.970. The first kappa shape index (κ1) is 12.0. The van der Waals surface area contributed by atoms with Crippen molar-refractivity contribution in [2.24, 2.45) is 5.73 Å². The molecule has 6 heteroatoms. The third-order valence-electron chi connectivity index (χ3n) is 1.25. The van der Waals surface area contributed by atoms with Gasteiger partial charge in [-0.1, -0.05) is 0 Å². The maximum Gasteiger partial charge on any atom is 0.301 e. The van der Waals surface area contributed by atoms with Crippen LogP contribution in [0.4, 0.5) is 0 Å². The van der Waals surface area contributed by atoms with Crippen LogP contribution in [0.5, 0.6) is 0 Å². The number of rotatable bonds is 8. The van der Waals surface area contributed by atoms with E-state index in [-0.39, 0.29) is 0 Å². The van der Waals surface area contributed by atoms with Crippen LogP contribution in [0.2, 0.25) is 0 Å². The summed E-state index contributed by atoms with van der Waals surface area (Å²) >= 11 is -2.11. The van der Waals surface area contributed by atoms with Crippen LogP contribution in [0.15, 0.2) is 0 Å². The molecule has 0 radical (unpaired) electrons. The van der Waals surface area contributed by atoms with Crippen molar-refractivity contribution in [3.63, 3.8) is 0 Å². The first-order chi connectivity index (χ1) is 5.77. The zero-order chi connectivity index (χ0) is 9.23. The van der Waals surface area contributed by atoms with Crippen molar-refractivity contribution in [2.45, 2.75) is 12.8 Å². The molecule has 0 rings (SSSR count). The van der Waals surface area contributed by atoms with Crippen molar-refractivity contribution >= 4 is 11.4 Å². The van der Waals surface area contributed by atoms with Crippen molar-refractivity contribution in [3.8, 4) is 0 Å². The van der Waals surface area contributed by atoms with Gasteiger partial charge in [0.2, 0.25) is 0 Å². The molecule has 0 fully saturated rings. The lowest BCUT2D eigenvalue weighted by molar-refractivity contribution is 0.297. The van der Waals surface area contributed by atoms with Gasteiger partial charge in [-0.25, -0.2) is 0 Å². The Labute approximate surface area is 75.2 Å². The van der Waals surface area contributed by atoms with E-state index >= 15 is 0 Å². The van der Waals surface area contributed by atoms with Crippen molar-refractivity contribution in [1.82, 2.24) is 5.32 Å². The van der Waals surface area contributed by atoms with Crippen LogP contribution < -0.4 is 11.1 Å². The lowest BCUT2D eigenvalue weighted by Crippen LogP contribution is -2.23. The average molecular weight is 196 g/mol. The third-order valence-corrected chi connectivity index (χ3v) is 1.62. The van der Waals surface area contributed by atoms with Gasteiger partial charge in [-0.15, -0.1) is 0 Å². The highest BCUT2D eigenvalue weighted by Gasteiger charge is 1.92. The van der Waals surface area contributed by atoms with Crippen molar-refractivity contribution < 1.29 is 12.9 Å².